The molecule has 0 heterocycles. The molecule has 4 rings (SSSR count). The highest BCUT2D eigenvalue weighted by molar-refractivity contribution is 5.86. The van der Waals surface area contributed by atoms with Crippen molar-refractivity contribution in [3.05, 3.63) is 131 Å². The Balaban J connectivity index is 1.93. The van der Waals surface area contributed by atoms with Crippen molar-refractivity contribution in [2.75, 3.05) is 17.2 Å². The van der Waals surface area contributed by atoms with Gasteiger partial charge in [-0.2, -0.15) is 0 Å². The fraction of sp³-hybridized carbons (Fsp3) is 0.0968. The van der Waals surface area contributed by atoms with Gasteiger partial charge in [-0.05, 0) is 60.9 Å². The molecule has 0 aliphatic heterocycles. The van der Waals surface area contributed by atoms with Gasteiger partial charge in [-0.15, -0.1) is 0 Å². The van der Waals surface area contributed by atoms with E-state index >= 15 is 0 Å². The van der Waals surface area contributed by atoms with Gasteiger partial charge < -0.3 is 22.9 Å². The van der Waals surface area contributed by atoms with Gasteiger partial charge in [0, 0.05) is 50.9 Å². The Hall–Kier alpha value is -4.44. The van der Waals surface area contributed by atoms with E-state index in [1.165, 1.54) is 5.56 Å². The van der Waals surface area contributed by atoms with E-state index in [1.54, 1.807) is 0 Å². The second-order valence-corrected chi connectivity index (χ2v) is 8.57. The second kappa shape index (κ2) is 10.2. The Morgan fingerprint density at radius 3 is 1.86 bits per heavy atom. The quantitative estimate of drug-likeness (QED) is 0.149. The molecule has 1 atom stereocenters. The van der Waals surface area contributed by atoms with Crippen LogP contribution in [-0.2, 0) is 0 Å². The Labute approximate surface area is 207 Å². The van der Waals surface area contributed by atoms with E-state index in [9.17, 15) is 0 Å². The van der Waals surface area contributed by atoms with Crippen molar-refractivity contribution in [1.82, 2.24) is 0 Å². The minimum atomic E-state index is -0.0372. The smallest absolute Gasteiger partial charge is 0.0394 e. The van der Waals surface area contributed by atoms with Crippen LogP contribution in [0.1, 0.15) is 42.0 Å². The van der Waals surface area contributed by atoms with Crippen LogP contribution in [-0.4, -0.2) is 0 Å². The van der Waals surface area contributed by atoms with Gasteiger partial charge in [-0.1, -0.05) is 72.8 Å². The predicted molar refractivity (Wildman–Crippen MR) is 151 cm³/mol. The van der Waals surface area contributed by atoms with Crippen molar-refractivity contribution in [3.63, 3.8) is 0 Å². The first kappa shape index (κ1) is 23.7. The van der Waals surface area contributed by atoms with Gasteiger partial charge in [-0.25, -0.2) is 0 Å². The molecule has 0 radical (unpaired) electrons. The lowest BCUT2D eigenvalue weighted by molar-refractivity contribution is 0.977. The van der Waals surface area contributed by atoms with Crippen LogP contribution in [0.3, 0.4) is 0 Å². The molecule has 176 valence electrons. The predicted octanol–water partition coefficient (Wildman–Crippen LogP) is 6.55. The van der Waals surface area contributed by atoms with Crippen LogP contribution < -0.4 is 22.9 Å². The monoisotopic (exact) mass is 460 g/mol. The summed E-state index contributed by atoms with van der Waals surface area (Å²) in [7, 11) is 0. The molecule has 0 spiro atoms. The summed E-state index contributed by atoms with van der Waals surface area (Å²) in [4.78, 5) is 0. The molecule has 0 aliphatic rings. The zero-order valence-electron chi connectivity index (χ0n) is 20.2. The van der Waals surface area contributed by atoms with E-state index in [2.05, 4.69) is 48.5 Å². The maximum Gasteiger partial charge on any atom is 0.0394 e. The number of allylic oxidation sites excluding steroid dienone is 3. The Morgan fingerprint density at radius 1 is 0.600 bits per heavy atom. The lowest BCUT2D eigenvalue weighted by Crippen LogP contribution is -2.08. The zero-order chi connectivity index (χ0) is 24.9. The average molecular weight is 461 g/mol. The standard InChI is InChI=1S/C31H32N4/c1-3-23(27(32)4-2)25-18-21(14-16-29(25)34)31(20-10-6-5-7-11-20)22-15-17-30(35)26(19-22)24-12-8-9-13-28(24)33/h3-19,31H,32-35H2,1-2H3/b23-3-,27-4+. The number of benzene rings is 4. The SMILES string of the molecule is C/C=C(\C(N)=C/C)c1cc(C(c2ccccc2)c2ccc(N)c(-c3ccccc3N)c2)ccc1N. The summed E-state index contributed by atoms with van der Waals surface area (Å²) >= 11 is 0. The molecule has 0 saturated heterocycles. The van der Waals surface area contributed by atoms with E-state index in [-0.39, 0.29) is 5.92 Å². The van der Waals surface area contributed by atoms with Gasteiger partial charge in [0.15, 0.2) is 0 Å². The molecule has 0 amide bonds. The number of hydrogen-bond acceptors (Lipinski definition) is 4. The molecule has 4 aromatic carbocycles. The third kappa shape index (κ3) is 4.78. The largest absolute Gasteiger partial charge is 0.399 e. The summed E-state index contributed by atoms with van der Waals surface area (Å²) in [6.45, 7) is 3.90. The molecule has 0 aliphatic carbocycles. The number of hydrogen-bond donors (Lipinski definition) is 4. The van der Waals surface area contributed by atoms with Crippen molar-refractivity contribution >= 4 is 22.6 Å². The van der Waals surface area contributed by atoms with Gasteiger partial charge in [-0.3, -0.25) is 0 Å². The molecule has 4 aromatic rings. The number of anilines is 3. The second-order valence-electron chi connectivity index (χ2n) is 8.57. The normalized spacial score (nSPS) is 13.0. The third-order valence-electron chi connectivity index (χ3n) is 6.41. The summed E-state index contributed by atoms with van der Waals surface area (Å²) in [5.41, 5.74) is 35.3. The molecule has 8 N–H and O–H groups in total. The van der Waals surface area contributed by atoms with Crippen molar-refractivity contribution in [2.24, 2.45) is 5.73 Å². The summed E-state index contributed by atoms with van der Waals surface area (Å²) in [6.07, 6.45) is 3.90. The minimum absolute atomic E-state index is 0.0372. The molecule has 1 unspecified atom stereocenters. The molecular formula is C31H32N4. The summed E-state index contributed by atoms with van der Waals surface area (Å²) in [5.74, 6) is -0.0372. The zero-order valence-corrected chi connectivity index (χ0v) is 20.2. The Bertz CT molecular complexity index is 1400. The van der Waals surface area contributed by atoms with Crippen LogP contribution in [0.2, 0.25) is 0 Å². The van der Waals surface area contributed by atoms with Crippen molar-refractivity contribution in [2.45, 2.75) is 19.8 Å². The Morgan fingerprint density at radius 2 is 1.20 bits per heavy atom. The van der Waals surface area contributed by atoms with Crippen LogP contribution in [0.25, 0.3) is 16.7 Å². The fourth-order valence-corrected chi connectivity index (χ4v) is 4.57. The van der Waals surface area contributed by atoms with Crippen LogP contribution in [0.5, 0.6) is 0 Å². The molecular weight excluding hydrogens is 428 g/mol. The maximum absolute atomic E-state index is 6.42. The number of para-hydroxylation sites is 1. The lowest BCUT2D eigenvalue weighted by Gasteiger charge is -2.22. The van der Waals surface area contributed by atoms with Gasteiger partial charge in [0.25, 0.3) is 0 Å². The number of rotatable bonds is 6. The first-order chi connectivity index (χ1) is 16.9. The summed E-state index contributed by atoms with van der Waals surface area (Å²) in [6, 6.07) is 30.6. The summed E-state index contributed by atoms with van der Waals surface area (Å²) < 4.78 is 0. The van der Waals surface area contributed by atoms with Crippen LogP contribution in [0, 0.1) is 0 Å². The Kier molecular flexibility index (Phi) is 6.93. The average Bonchev–Trinajstić information content (AvgIpc) is 2.88. The highest BCUT2D eigenvalue weighted by atomic mass is 14.6. The third-order valence-corrected chi connectivity index (χ3v) is 6.41. The van der Waals surface area contributed by atoms with E-state index in [0.29, 0.717) is 22.8 Å². The van der Waals surface area contributed by atoms with Gasteiger partial charge in [0.05, 0.1) is 0 Å². The van der Waals surface area contributed by atoms with Crippen LogP contribution in [0.4, 0.5) is 17.1 Å². The number of nitrogens with two attached hydrogens (primary N) is 4. The topological polar surface area (TPSA) is 104 Å². The van der Waals surface area contributed by atoms with Gasteiger partial charge in [0.2, 0.25) is 0 Å². The highest BCUT2D eigenvalue weighted by Crippen LogP contribution is 2.39. The molecule has 35 heavy (non-hydrogen) atoms. The van der Waals surface area contributed by atoms with Crippen molar-refractivity contribution in [3.8, 4) is 11.1 Å². The van der Waals surface area contributed by atoms with Crippen LogP contribution >= 0.6 is 0 Å². The molecule has 0 fully saturated rings. The highest BCUT2D eigenvalue weighted by Gasteiger charge is 2.20. The van der Waals surface area contributed by atoms with E-state index in [4.69, 9.17) is 22.9 Å². The minimum Gasteiger partial charge on any atom is -0.399 e. The maximum atomic E-state index is 6.42. The van der Waals surface area contributed by atoms with Crippen molar-refractivity contribution < 1.29 is 0 Å². The van der Waals surface area contributed by atoms with E-state index < -0.39 is 0 Å². The fourth-order valence-electron chi connectivity index (χ4n) is 4.57. The molecule has 0 saturated carbocycles. The summed E-state index contributed by atoms with van der Waals surface area (Å²) in [5, 5.41) is 0. The van der Waals surface area contributed by atoms with E-state index in [1.807, 2.05) is 68.5 Å². The van der Waals surface area contributed by atoms with E-state index in [0.717, 1.165) is 33.4 Å². The molecule has 0 bridgehead atoms. The van der Waals surface area contributed by atoms with Crippen LogP contribution in [0.15, 0.2) is 109 Å². The number of nitrogen functional groups attached to an aromatic ring is 3. The van der Waals surface area contributed by atoms with Gasteiger partial charge >= 0.3 is 0 Å². The molecule has 0 aromatic heterocycles. The first-order valence-electron chi connectivity index (χ1n) is 11.7. The van der Waals surface area contributed by atoms with Crippen molar-refractivity contribution in [1.29, 1.82) is 0 Å². The first-order valence-corrected chi connectivity index (χ1v) is 11.7. The molecule has 4 heteroatoms. The van der Waals surface area contributed by atoms with Gasteiger partial charge in [0.1, 0.15) is 0 Å². The molecule has 4 nitrogen and oxygen atoms in total. The lowest BCUT2D eigenvalue weighted by atomic mass is 9.82.